The number of esters is 1. The van der Waals surface area contributed by atoms with Gasteiger partial charge in [0.1, 0.15) is 16.5 Å². The number of anilines is 1. The Bertz CT molecular complexity index is 1220. The predicted octanol–water partition coefficient (Wildman–Crippen LogP) is 5.51. The first-order chi connectivity index (χ1) is 14.5. The number of methoxy groups -OCH3 is 1. The first-order valence-electron chi connectivity index (χ1n) is 9.41. The van der Waals surface area contributed by atoms with Gasteiger partial charge in [0.2, 0.25) is 0 Å². The Balaban J connectivity index is 1.72. The summed E-state index contributed by atoms with van der Waals surface area (Å²) in [6.45, 7) is 4.64. The maximum atomic E-state index is 13.2. The van der Waals surface area contributed by atoms with Gasteiger partial charge in [0.25, 0.3) is 0 Å². The molecule has 0 saturated carbocycles. The van der Waals surface area contributed by atoms with Gasteiger partial charge in [0.05, 0.1) is 18.1 Å². The first-order valence-corrected chi connectivity index (χ1v) is 10.2. The van der Waals surface area contributed by atoms with Crippen LogP contribution >= 0.6 is 11.3 Å². The minimum Gasteiger partial charge on any atom is -0.465 e. The van der Waals surface area contributed by atoms with E-state index in [0.717, 1.165) is 32.7 Å². The Morgan fingerprint density at radius 3 is 2.43 bits per heavy atom. The van der Waals surface area contributed by atoms with Gasteiger partial charge in [0, 0.05) is 17.0 Å². The molecule has 0 aliphatic carbocycles. The molecule has 2 aromatic heterocycles. The number of carbonyl (C=O) groups is 1. The number of aromatic nitrogens is 2. The normalized spacial score (nSPS) is 10.9. The Kier molecular flexibility index (Phi) is 5.46. The number of aryl methyl sites for hydroxylation is 2. The Hall–Kier alpha value is -3.32. The number of nitrogens with one attached hydrogen (secondary N) is 1. The molecule has 2 aromatic carbocycles. The molecule has 7 heteroatoms. The molecule has 152 valence electrons. The van der Waals surface area contributed by atoms with Crippen molar-refractivity contribution in [2.24, 2.45) is 0 Å². The monoisotopic (exact) mass is 421 g/mol. The van der Waals surface area contributed by atoms with E-state index >= 15 is 0 Å². The van der Waals surface area contributed by atoms with Gasteiger partial charge in [-0.3, -0.25) is 0 Å². The molecule has 4 aromatic rings. The number of benzene rings is 2. The maximum Gasteiger partial charge on any atom is 0.337 e. The van der Waals surface area contributed by atoms with Crippen LogP contribution in [-0.4, -0.2) is 23.0 Å². The second-order valence-corrected chi connectivity index (χ2v) is 8.11. The molecule has 0 fully saturated rings. The van der Waals surface area contributed by atoms with Crippen molar-refractivity contribution < 1.29 is 13.9 Å². The molecule has 30 heavy (non-hydrogen) atoms. The summed E-state index contributed by atoms with van der Waals surface area (Å²) in [5.74, 6) is 0.661. The molecule has 0 unspecified atom stereocenters. The van der Waals surface area contributed by atoms with Gasteiger partial charge in [-0.1, -0.05) is 24.3 Å². The number of nitrogens with zero attached hydrogens (tertiary/aromatic N) is 2. The van der Waals surface area contributed by atoms with Gasteiger partial charge in [-0.15, -0.1) is 11.3 Å². The van der Waals surface area contributed by atoms with Crippen LogP contribution in [0.4, 0.5) is 10.2 Å². The van der Waals surface area contributed by atoms with E-state index in [1.165, 1.54) is 24.1 Å². The number of fused-ring (bicyclic) bond motifs is 1. The van der Waals surface area contributed by atoms with E-state index in [-0.39, 0.29) is 11.8 Å². The lowest BCUT2D eigenvalue weighted by Gasteiger charge is -2.10. The molecule has 1 N–H and O–H groups in total. The summed E-state index contributed by atoms with van der Waals surface area (Å²) in [4.78, 5) is 23.3. The summed E-state index contributed by atoms with van der Waals surface area (Å²) in [5.41, 5.74) is 3.37. The van der Waals surface area contributed by atoms with Crippen molar-refractivity contribution >= 4 is 33.3 Å². The van der Waals surface area contributed by atoms with Gasteiger partial charge < -0.3 is 10.1 Å². The van der Waals surface area contributed by atoms with Crippen molar-refractivity contribution in [3.63, 3.8) is 0 Å². The topological polar surface area (TPSA) is 64.1 Å². The van der Waals surface area contributed by atoms with E-state index < -0.39 is 0 Å². The molecule has 0 bridgehead atoms. The van der Waals surface area contributed by atoms with Crippen molar-refractivity contribution in [2.45, 2.75) is 20.4 Å². The third-order valence-corrected chi connectivity index (χ3v) is 6.07. The zero-order valence-electron chi connectivity index (χ0n) is 16.8. The smallest absolute Gasteiger partial charge is 0.337 e. The lowest BCUT2D eigenvalue weighted by atomic mass is 10.1. The van der Waals surface area contributed by atoms with Crippen molar-refractivity contribution in [1.29, 1.82) is 0 Å². The maximum absolute atomic E-state index is 13.2. The highest BCUT2D eigenvalue weighted by Crippen LogP contribution is 2.35. The molecular formula is C23H20FN3O2S. The summed E-state index contributed by atoms with van der Waals surface area (Å²) in [6, 6.07) is 13.4. The lowest BCUT2D eigenvalue weighted by Crippen LogP contribution is -2.04. The molecule has 5 nitrogen and oxygen atoms in total. The zero-order valence-corrected chi connectivity index (χ0v) is 17.6. The van der Waals surface area contributed by atoms with Crippen LogP contribution in [0.1, 0.15) is 26.4 Å². The molecule has 2 heterocycles. The van der Waals surface area contributed by atoms with Crippen LogP contribution in [0, 0.1) is 19.7 Å². The van der Waals surface area contributed by atoms with Gasteiger partial charge in [-0.2, -0.15) is 0 Å². The van der Waals surface area contributed by atoms with E-state index in [2.05, 4.69) is 19.2 Å². The van der Waals surface area contributed by atoms with Crippen LogP contribution in [0.5, 0.6) is 0 Å². The highest BCUT2D eigenvalue weighted by molar-refractivity contribution is 7.18. The average molecular weight is 421 g/mol. The minimum absolute atomic E-state index is 0.259. The third-order valence-electron chi connectivity index (χ3n) is 4.97. The number of thiophene rings is 1. The molecule has 0 amide bonds. The predicted molar refractivity (Wildman–Crippen MR) is 117 cm³/mol. The highest BCUT2D eigenvalue weighted by atomic mass is 32.1. The zero-order chi connectivity index (χ0) is 21.3. The summed E-state index contributed by atoms with van der Waals surface area (Å²) >= 11 is 1.62. The van der Waals surface area contributed by atoms with Crippen LogP contribution < -0.4 is 5.32 Å². The van der Waals surface area contributed by atoms with Gasteiger partial charge in [0.15, 0.2) is 5.82 Å². The van der Waals surface area contributed by atoms with E-state index in [0.29, 0.717) is 17.9 Å². The Labute approximate surface area is 177 Å². The number of carbonyl (C=O) groups excluding carboxylic acids is 1. The Morgan fingerprint density at radius 1 is 1.07 bits per heavy atom. The quantitative estimate of drug-likeness (QED) is 0.430. The van der Waals surface area contributed by atoms with E-state index in [4.69, 9.17) is 14.7 Å². The number of ether oxygens (including phenoxy) is 1. The molecular weight excluding hydrogens is 401 g/mol. The summed E-state index contributed by atoms with van der Waals surface area (Å²) in [6.07, 6.45) is 0. The summed E-state index contributed by atoms with van der Waals surface area (Å²) in [5, 5.41) is 4.38. The molecule has 0 radical (unpaired) electrons. The third kappa shape index (κ3) is 3.89. The van der Waals surface area contributed by atoms with Crippen LogP contribution in [0.2, 0.25) is 0 Å². The van der Waals surface area contributed by atoms with Crippen molar-refractivity contribution in [1.82, 2.24) is 9.97 Å². The number of rotatable bonds is 5. The lowest BCUT2D eigenvalue weighted by molar-refractivity contribution is 0.0600. The van der Waals surface area contributed by atoms with Gasteiger partial charge in [-0.25, -0.2) is 19.2 Å². The number of hydrogen-bond donors (Lipinski definition) is 1. The Morgan fingerprint density at radius 2 is 1.77 bits per heavy atom. The number of hydrogen-bond acceptors (Lipinski definition) is 6. The van der Waals surface area contributed by atoms with Crippen LogP contribution in [0.25, 0.3) is 21.6 Å². The average Bonchev–Trinajstić information content (AvgIpc) is 3.06. The van der Waals surface area contributed by atoms with Gasteiger partial charge >= 0.3 is 5.97 Å². The SMILES string of the molecule is COC(=O)c1ccc(-c2nc(NCc3ccc(F)cc3)c3c(C)c(C)sc3n2)cc1. The molecule has 0 aliphatic rings. The first kappa shape index (κ1) is 20.0. The standard InChI is InChI=1S/C23H20FN3O2S/c1-13-14(2)30-22-19(13)21(25-12-15-4-10-18(24)11-5-15)26-20(27-22)16-6-8-17(9-7-16)23(28)29-3/h4-11H,12H2,1-3H3,(H,25,26,27). The second kappa shape index (κ2) is 8.20. The largest absolute Gasteiger partial charge is 0.465 e. The fourth-order valence-electron chi connectivity index (χ4n) is 3.17. The van der Waals surface area contributed by atoms with Crippen molar-refractivity contribution in [3.05, 3.63) is 75.9 Å². The molecule has 0 atom stereocenters. The summed E-state index contributed by atoms with van der Waals surface area (Å²) in [7, 11) is 1.35. The minimum atomic E-state index is -0.385. The van der Waals surface area contributed by atoms with E-state index in [9.17, 15) is 9.18 Å². The second-order valence-electron chi connectivity index (χ2n) is 6.91. The highest BCUT2D eigenvalue weighted by Gasteiger charge is 2.16. The molecule has 0 spiro atoms. The molecule has 4 rings (SSSR count). The fourth-order valence-corrected chi connectivity index (χ4v) is 4.20. The van der Waals surface area contributed by atoms with Crippen LogP contribution in [0.15, 0.2) is 48.5 Å². The molecule has 0 saturated heterocycles. The van der Waals surface area contributed by atoms with Crippen LogP contribution in [0.3, 0.4) is 0 Å². The summed E-state index contributed by atoms with van der Waals surface area (Å²) < 4.78 is 17.9. The fraction of sp³-hybridized carbons (Fsp3) is 0.174. The van der Waals surface area contributed by atoms with E-state index in [1.807, 2.05) is 12.1 Å². The van der Waals surface area contributed by atoms with Crippen molar-refractivity contribution in [3.8, 4) is 11.4 Å². The molecule has 0 aliphatic heterocycles. The number of halogens is 1. The van der Waals surface area contributed by atoms with Gasteiger partial charge in [-0.05, 0) is 49.2 Å². The van der Waals surface area contributed by atoms with E-state index in [1.54, 1.807) is 35.6 Å². The van der Waals surface area contributed by atoms with Crippen molar-refractivity contribution in [2.75, 3.05) is 12.4 Å². The van der Waals surface area contributed by atoms with Crippen LogP contribution in [-0.2, 0) is 11.3 Å².